The Kier molecular flexibility index (Phi) is 5.40. The van der Waals surface area contributed by atoms with Crippen LogP contribution in [0.3, 0.4) is 0 Å². The topological polar surface area (TPSA) is 35.2 Å². The molecule has 0 bridgehead atoms. The van der Waals surface area contributed by atoms with E-state index in [9.17, 15) is 4.39 Å². The average molecular weight is 450 g/mol. The average Bonchev–Trinajstić information content (AvgIpc) is 2.38. The van der Waals surface area contributed by atoms with Crippen LogP contribution in [0, 0.1) is 9.39 Å². The molecule has 2 nitrogen and oxygen atoms in total. The Bertz CT molecular complexity index is 621. The van der Waals surface area contributed by atoms with Gasteiger partial charge in [-0.15, -0.1) is 0 Å². The molecule has 2 aromatic carbocycles. The van der Waals surface area contributed by atoms with Crippen LogP contribution < -0.4 is 10.5 Å². The molecule has 0 saturated carbocycles. The molecular formula is C15H14BrFINO. The smallest absolute Gasteiger partial charge is 0.124 e. The third-order valence-corrected chi connectivity index (χ3v) is 4.47. The predicted molar refractivity (Wildman–Crippen MR) is 90.4 cm³/mol. The van der Waals surface area contributed by atoms with Crippen molar-refractivity contribution < 1.29 is 9.13 Å². The van der Waals surface area contributed by atoms with E-state index < -0.39 is 0 Å². The molecule has 106 valence electrons. The molecule has 0 spiro atoms. The zero-order valence-electron chi connectivity index (χ0n) is 10.9. The van der Waals surface area contributed by atoms with Gasteiger partial charge in [0.2, 0.25) is 0 Å². The maximum atomic E-state index is 13.1. The lowest BCUT2D eigenvalue weighted by Gasteiger charge is -2.16. The number of halogens is 3. The second-order valence-corrected chi connectivity index (χ2v) is 6.51. The summed E-state index contributed by atoms with van der Waals surface area (Å²) in [5.74, 6) is 0.561. The van der Waals surface area contributed by atoms with Gasteiger partial charge in [-0.1, -0.05) is 22.0 Å². The minimum Gasteiger partial charge on any atom is -0.496 e. The van der Waals surface area contributed by atoms with Crippen LogP contribution in [0.5, 0.6) is 5.75 Å². The summed E-state index contributed by atoms with van der Waals surface area (Å²) in [6.07, 6.45) is 0.629. The van der Waals surface area contributed by atoms with Crippen LogP contribution in [-0.2, 0) is 6.42 Å². The summed E-state index contributed by atoms with van der Waals surface area (Å²) in [5.41, 5.74) is 8.22. The van der Waals surface area contributed by atoms with Crippen molar-refractivity contribution >= 4 is 38.5 Å². The predicted octanol–water partition coefficient (Wildman–Crippen LogP) is 4.44. The molecule has 1 atom stereocenters. The normalized spacial score (nSPS) is 12.2. The fourth-order valence-corrected chi connectivity index (χ4v) is 3.34. The zero-order valence-corrected chi connectivity index (χ0v) is 14.6. The summed E-state index contributed by atoms with van der Waals surface area (Å²) in [6, 6.07) is 10.3. The molecule has 1 unspecified atom stereocenters. The van der Waals surface area contributed by atoms with Crippen molar-refractivity contribution in [2.45, 2.75) is 12.5 Å². The maximum absolute atomic E-state index is 13.1. The van der Waals surface area contributed by atoms with Gasteiger partial charge in [0, 0.05) is 14.1 Å². The molecule has 0 aliphatic carbocycles. The van der Waals surface area contributed by atoms with E-state index in [1.165, 1.54) is 12.1 Å². The first kappa shape index (κ1) is 15.7. The molecule has 0 saturated heterocycles. The number of hydrogen-bond donors (Lipinski definition) is 1. The van der Waals surface area contributed by atoms with Gasteiger partial charge in [-0.05, 0) is 70.5 Å². The Morgan fingerprint density at radius 2 is 2.05 bits per heavy atom. The van der Waals surface area contributed by atoms with Crippen molar-refractivity contribution in [1.29, 1.82) is 0 Å². The number of methoxy groups -OCH3 is 1. The fraction of sp³-hybridized carbons (Fsp3) is 0.200. The third kappa shape index (κ3) is 3.71. The molecule has 2 N–H and O–H groups in total. The van der Waals surface area contributed by atoms with Gasteiger partial charge in [0.25, 0.3) is 0 Å². The maximum Gasteiger partial charge on any atom is 0.124 e. The zero-order chi connectivity index (χ0) is 14.7. The Balaban J connectivity index is 2.27. The van der Waals surface area contributed by atoms with E-state index in [1.54, 1.807) is 13.2 Å². The molecule has 0 radical (unpaired) electrons. The minimum atomic E-state index is -0.245. The number of nitrogens with two attached hydrogens (primary N) is 1. The molecule has 0 heterocycles. The highest BCUT2D eigenvalue weighted by molar-refractivity contribution is 14.1. The first-order valence-corrected chi connectivity index (χ1v) is 7.91. The third-order valence-electron chi connectivity index (χ3n) is 3.04. The lowest BCUT2D eigenvalue weighted by atomic mass is 9.99. The van der Waals surface area contributed by atoms with Crippen LogP contribution in [-0.4, -0.2) is 7.11 Å². The Morgan fingerprint density at radius 1 is 1.30 bits per heavy atom. The van der Waals surface area contributed by atoms with Gasteiger partial charge in [0.15, 0.2) is 0 Å². The monoisotopic (exact) mass is 449 g/mol. The Hall–Kier alpha value is -0.660. The lowest BCUT2D eigenvalue weighted by Crippen LogP contribution is -2.15. The number of benzene rings is 2. The van der Waals surface area contributed by atoms with Crippen LogP contribution in [0.15, 0.2) is 40.9 Å². The molecule has 2 rings (SSSR count). The highest BCUT2D eigenvalue weighted by Crippen LogP contribution is 2.28. The largest absolute Gasteiger partial charge is 0.496 e. The van der Waals surface area contributed by atoms with E-state index in [0.29, 0.717) is 6.42 Å². The second-order valence-electron chi connectivity index (χ2n) is 4.43. The summed E-state index contributed by atoms with van der Waals surface area (Å²) in [7, 11) is 1.64. The number of ether oxygens (including phenoxy) is 1. The van der Waals surface area contributed by atoms with E-state index >= 15 is 0 Å². The Morgan fingerprint density at radius 3 is 2.70 bits per heavy atom. The fourth-order valence-electron chi connectivity index (χ4n) is 2.06. The molecule has 0 aromatic heterocycles. The standard InChI is InChI=1S/C15H14BrFINO/c1-20-15-5-2-10(16)6-9(15)7-14(19)12-4-3-11(17)8-13(12)18/h2-6,8,14H,7,19H2,1H3. The van der Waals surface area contributed by atoms with Crippen molar-refractivity contribution in [3.05, 3.63) is 61.4 Å². The molecular weight excluding hydrogens is 436 g/mol. The van der Waals surface area contributed by atoms with Crippen molar-refractivity contribution in [3.8, 4) is 5.75 Å². The van der Waals surface area contributed by atoms with E-state index in [0.717, 1.165) is 24.9 Å². The van der Waals surface area contributed by atoms with Gasteiger partial charge >= 0.3 is 0 Å². The number of rotatable bonds is 4. The van der Waals surface area contributed by atoms with Crippen molar-refractivity contribution in [1.82, 2.24) is 0 Å². The molecule has 0 aliphatic rings. The number of hydrogen-bond acceptors (Lipinski definition) is 2. The van der Waals surface area contributed by atoms with E-state index in [1.807, 2.05) is 18.2 Å². The molecule has 0 aliphatic heterocycles. The highest BCUT2D eigenvalue weighted by atomic mass is 127. The van der Waals surface area contributed by atoms with Crippen LogP contribution in [0.2, 0.25) is 0 Å². The van der Waals surface area contributed by atoms with Gasteiger partial charge in [-0.25, -0.2) is 4.39 Å². The van der Waals surface area contributed by atoms with E-state index in [-0.39, 0.29) is 11.9 Å². The van der Waals surface area contributed by atoms with Crippen LogP contribution in [0.4, 0.5) is 4.39 Å². The van der Waals surface area contributed by atoms with Gasteiger partial charge in [-0.3, -0.25) is 0 Å². The first-order chi connectivity index (χ1) is 9.51. The molecule has 5 heteroatoms. The summed E-state index contributed by atoms with van der Waals surface area (Å²) in [5, 5.41) is 0. The molecule has 20 heavy (non-hydrogen) atoms. The SMILES string of the molecule is COc1ccc(Br)cc1CC(N)c1ccc(F)cc1I. The molecule has 0 amide bonds. The summed E-state index contributed by atoms with van der Waals surface area (Å²) in [6.45, 7) is 0. The summed E-state index contributed by atoms with van der Waals surface area (Å²) >= 11 is 5.56. The molecule has 0 fully saturated rings. The summed E-state index contributed by atoms with van der Waals surface area (Å²) in [4.78, 5) is 0. The van der Waals surface area contributed by atoms with Gasteiger partial charge in [0.05, 0.1) is 7.11 Å². The second kappa shape index (κ2) is 6.87. The highest BCUT2D eigenvalue weighted by Gasteiger charge is 2.14. The molecule has 2 aromatic rings. The van der Waals surface area contributed by atoms with Crippen LogP contribution in [0.1, 0.15) is 17.2 Å². The van der Waals surface area contributed by atoms with Crippen molar-refractivity contribution in [2.75, 3.05) is 7.11 Å². The van der Waals surface area contributed by atoms with Gasteiger partial charge in [-0.2, -0.15) is 0 Å². The van der Waals surface area contributed by atoms with Crippen LogP contribution in [0.25, 0.3) is 0 Å². The van der Waals surface area contributed by atoms with Crippen LogP contribution >= 0.6 is 38.5 Å². The van der Waals surface area contributed by atoms with Crippen molar-refractivity contribution in [3.63, 3.8) is 0 Å². The van der Waals surface area contributed by atoms with E-state index in [4.69, 9.17) is 10.5 Å². The first-order valence-electron chi connectivity index (χ1n) is 6.04. The Labute approximate surface area is 139 Å². The summed E-state index contributed by atoms with van der Waals surface area (Å²) < 4.78 is 20.3. The van der Waals surface area contributed by atoms with Gasteiger partial charge in [0.1, 0.15) is 11.6 Å². The lowest BCUT2D eigenvalue weighted by molar-refractivity contribution is 0.408. The quantitative estimate of drug-likeness (QED) is 0.700. The minimum absolute atomic E-state index is 0.203. The van der Waals surface area contributed by atoms with Crippen molar-refractivity contribution in [2.24, 2.45) is 5.73 Å². The van der Waals surface area contributed by atoms with Gasteiger partial charge < -0.3 is 10.5 Å². The van der Waals surface area contributed by atoms with E-state index in [2.05, 4.69) is 38.5 Å².